The lowest BCUT2D eigenvalue weighted by molar-refractivity contribution is -0.142. The maximum absolute atomic E-state index is 12.7. The van der Waals surface area contributed by atoms with E-state index in [2.05, 4.69) is 10.6 Å². The Labute approximate surface area is 175 Å². The van der Waals surface area contributed by atoms with E-state index in [1.807, 2.05) is 0 Å². The zero-order valence-corrected chi connectivity index (χ0v) is 16.9. The molecule has 10 nitrogen and oxygen atoms in total. The van der Waals surface area contributed by atoms with Crippen LogP contribution in [0.1, 0.15) is 37.7 Å². The van der Waals surface area contributed by atoms with Crippen LogP contribution in [0.4, 0.5) is 0 Å². The van der Waals surface area contributed by atoms with Gasteiger partial charge in [0.05, 0.1) is 6.04 Å². The first-order valence-corrected chi connectivity index (χ1v) is 9.86. The van der Waals surface area contributed by atoms with E-state index in [9.17, 15) is 24.3 Å². The van der Waals surface area contributed by atoms with E-state index in [4.69, 9.17) is 17.2 Å². The zero-order valence-electron chi connectivity index (χ0n) is 16.9. The summed E-state index contributed by atoms with van der Waals surface area (Å²) < 4.78 is 0. The molecule has 10 heteroatoms. The molecule has 0 spiro atoms. The highest BCUT2D eigenvalue weighted by molar-refractivity contribution is 5.92. The number of carbonyl (C=O) groups excluding carboxylic acids is 3. The minimum atomic E-state index is -1.22. The number of benzene rings is 1. The molecular formula is C20H31N5O5. The smallest absolute Gasteiger partial charge is 0.326 e. The van der Waals surface area contributed by atoms with Gasteiger partial charge in [-0.25, -0.2) is 4.79 Å². The van der Waals surface area contributed by atoms with Crippen molar-refractivity contribution in [2.24, 2.45) is 17.2 Å². The molecule has 0 aromatic heterocycles. The first-order valence-electron chi connectivity index (χ1n) is 9.86. The molecule has 0 heterocycles. The molecule has 0 radical (unpaired) electrons. The summed E-state index contributed by atoms with van der Waals surface area (Å²) in [5, 5.41) is 14.4. The molecule has 30 heavy (non-hydrogen) atoms. The van der Waals surface area contributed by atoms with Crippen molar-refractivity contribution in [2.75, 3.05) is 6.54 Å². The maximum atomic E-state index is 12.7. The molecular weight excluding hydrogens is 390 g/mol. The van der Waals surface area contributed by atoms with Crippen LogP contribution in [0, 0.1) is 0 Å². The molecule has 1 aromatic carbocycles. The minimum absolute atomic E-state index is 0.0665. The number of carbonyl (C=O) groups is 4. The van der Waals surface area contributed by atoms with Crippen molar-refractivity contribution in [3.63, 3.8) is 0 Å². The monoisotopic (exact) mass is 421 g/mol. The van der Waals surface area contributed by atoms with Crippen LogP contribution in [-0.4, -0.2) is 53.5 Å². The molecule has 0 aliphatic heterocycles. The Morgan fingerprint density at radius 1 is 0.933 bits per heavy atom. The number of rotatable bonds is 14. The van der Waals surface area contributed by atoms with Crippen LogP contribution >= 0.6 is 0 Å². The minimum Gasteiger partial charge on any atom is -0.480 e. The lowest BCUT2D eigenvalue weighted by Gasteiger charge is -2.23. The fraction of sp³-hybridized carbons (Fsp3) is 0.500. The fourth-order valence-corrected chi connectivity index (χ4v) is 2.80. The first kappa shape index (κ1) is 25.1. The highest BCUT2D eigenvalue weighted by Gasteiger charge is 2.28. The Hall–Kier alpha value is -2.98. The molecule has 0 saturated carbocycles. The van der Waals surface area contributed by atoms with Gasteiger partial charge in [0.2, 0.25) is 17.7 Å². The molecule has 1 aromatic rings. The molecule has 0 bridgehead atoms. The van der Waals surface area contributed by atoms with Gasteiger partial charge in [0.1, 0.15) is 12.1 Å². The van der Waals surface area contributed by atoms with Crippen LogP contribution in [0.5, 0.6) is 0 Å². The molecule has 166 valence electrons. The van der Waals surface area contributed by atoms with Gasteiger partial charge in [0.25, 0.3) is 0 Å². The van der Waals surface area contributed by atoms with Gasteiger partial charge in [-0.15, -0.1) is 0 Å². The van der Waals surface area contributed by atoms with Gasteiger partial charge in [-0.3, -0.25) is 14.4 Å². The van der Waals surface area contributed by atoms with Crippen molar-refractivity contribution >= 4 is 23.7 Å². The van der Waals surface area contributed by atoms with E-state index in [-0.39, 0.29) is 19.3 Å². The van der Waals surface area contributed by atoms with Crippen molar-refractivity contribution in [2.45, 2.75) is 56.7 Å². The number of primary amides is 1. The summed E-state index contributed by atoms with van der Waals surface area (Å²) in [6.07, 6.45) is 1.60. The summed E-state index contributed by atoms with van der Waals surface area (Å²) in [6, 6.07) is 5.62. The second-order valence-corrected chi connectivity index (χ2v) is 7.05. The third-order valence-electron chi connectivity index (χ3n) is 4.52. The lowest BCUT2D eigenvalue weighted by atomic mass is 10.0. The lowest BCUT2D eigenvalue weighted by Crippen LogP contribution is -2.55. The van der Waals surface area contributed by atoms with Crippen LogP contribution in [0.3, 0.4) is 0 Å². The summed E-state index contributed by atoms with van der Waals surface area (Å²) >= 11 is 0. The molecule has 1 rings (SSSR count). The Morgan fingerprint density at radius 3 is 2.13 bits per heavy atom. The van der Waals surface area contributed by atoms with Crippen molar-refractivity contribution in [3.8, 4) is 0 Å². The number of amides is 3. The molecule has 0 fully saturated rings. The number of carboxylic acids is 1. The van der Waals surface area contributed by atoms with Crippen molar-refractivity contribution < 1.29 is 24.3 Å². The Bertz CT molecular complexity index is 713. The summed E-state index contributed by atoms with van der Waals surface area (Å²) in [5.74, 6) is -3.15. The highest BCUT2D eigenvalue weighted by atomic mass is 16.4. The standard InChI is InChI=1S/C20H31N5O5/c21-11-5-4-8-14(22)18(27)24-15(9-10-17(23)26)19(28)25-16(20(29)30)12-13-6-2-1-3-7-13/h1-3,6-7,14-16H,4-5,8-12,21-22H2,(H2,23,26)(H,24,27)(H,25,28)(H,29,30)/t14-,15-,16-/m0/s1. The van der Waals surface area contributed by atoms with Gasteiger partial charge >= 0.3 is 5.97 Å². The molecule has 0 aliphatic rings. The second kappa shape index (κ2) is 13.3. The molecule has 0 aliphatic carbocycles. The topological polar surface area (TPSA) is 191 Å². The number of hydrogen-bond donors (Lipinski definition) is 6. The molecule has 3 amide bonds. The number of aliphatic carboxylic acids is 1. The number of carboxylic acid groups (broad SMARTS) is 1. The largest absolute Gasteiger partial charge is 0.480 e. The van der Waals surface area contributed by atoms with Crippen molar-refractivity contribution in [1.29, 1.82) is 0 Å². The predicted octanol–water partition coefficient (Wildman–Crippen LogP) is -0.995. The van der Waals surface area contributed by atoms with Gasteiger partial charge in [-0.1, -0.05) is 36.8 Å². The van der Waals surface area contributed by atoms with E-state index in [0.717, 1.165) is 5.56 Å². The zero-order chi connectivity index (χ0) is 22.5. The summed E-state index contributed by atoms with van der Waals surface area (Å²) in [4.78, 5) is 47.7. The number of nitrogens with one attached hydrogen (secondary N) is 2. The Balaban J connectivity index is 2.80. The van der Waals surface area contributed by atoms with Gasteiger partial charge in [-0.2, -0.15) is 0 Å². The number of nitrogens with two attached hydrogens (primary N) is 3. The van der Waals surface area contributed by atoms with Crippen LogP contribution in [0.2, 0.25) is 0 Å². The molecule has 9 N–H and O–H groups in total. The van der Waals surface area contributed by atoms with E-state index >= 15 is 0 Å². The first-order chi connectivity index (χ1) is 14.2. The number of unbranched alkanes of at least 4 members (excludes halogenated alkanes) is 1. The van der Waals surface area contributed by atoms with Crippen LogP contribution in [0.25, 0.3) is 0 Å². The quantitative estimate of drug-likeness (QED) is 0.208. The SMILES string of the molecule is NCCCC[C@H](N)C(=O)N[C@@H](CCC(N)=O)C(=O)N[C@@H](Cc1ccccc1)C(=O)O. The highest BCUT2D eigenvalue weighted by Crippen LogP contribution is 2.06. The van der Waals surface area contributed by atoms with Crippen molar-refractivity contribution in [3.05, 3.63) is 35.9 Å². The van der Waals surface area contributed by atoms with E-state index in [1.54, 1.807) is 30.3 Å². The third kappa shape index (κ3) is 9.48. The van der Waals surface area contributed by atoms with Gasteiger partial charge in [0, 0.05) is 12.8 Å². The predicted molar refractivity (Wildman–Crippen MR) is 111 cm³/mol. The Morgan fingerprint density at radius 2 is 1.57 bits per heavy atom. The van der Waals surface area contributed by atoms with Gasteiger partial charge in [0.15, 0.2) is 0 Å². The van der Waals surface area contributed by atoms with E-state index in [0.29, 0.717) is 25.8 Å². The Kier molecular flexibility index (Phi) is 11.1. The van der Waals surface area contributed by atoms with Crippen LogP contribution in [0.15, 0.2) is 30.3 Å². The van der Waals surface area contributed by atoms with Crippen LogP contribution in [-0.2, 0) is 25.6 Å². The van der Waals surface area contributed by atoms with E-state index in [1.165, 1.54) is 0 Å². The van der Waals surface area contributed by atoms with E-state index < -0.39 is 41.8 Å². The number of hydrogen-bond acceptors (Lipinski definition) is 6. The van der Waals surface area contributed by atoms with Gasteiger partial charge in [-0.05, 0) is 31.4 Å². The van der Waals surface area contributed by atoms with Crippen LogP contribution < -0.4 is 27.8 Å². The average Bonchev–Trinajstić information content (AvgIpc) is 2.70. The average molecular weight is 421 g/mol. The second-order valence-electron chi connectivity index (χ2n) is 7.05. The molecule has 0 saturated heterocycles. The maximum Gasteiger partial charge on any atom is 0.326 e. The van der Waals surface area contributed by atoms with Crippen molar-refractivity contribution in [1.82, 2.24) is 10.6 Å². The summed E-state index contributed by atoms with van der Waals surface area (Å²) in [7, 11) is 0. The summed E-state index contributed by atoms with van der Waals surface area (Å²) in [6.45, 7) is 0.482. The molecule has 0 unspecified atom stereocenters. The van der Waals surface area contributed by atoms with Gasteiger partial charge < -0.3 is 32.9 Å². The third-order valence-corrected chi connectivity index (χ3v) is 4.52. The normalized spacial score (nSPS) is 13.7. The molecule has 3 atom stereocenters. The fourth-order valence-electron chi connectivity index (χ4n) is 2.80. The summed E-state index contributed by atoms with van der Waals surface area (Å²) in [5.41, 5.74) is 17.1.